The summed E-state index contributed by atoms with van der Waals surface area (Å²) in [4.78, 5) is 1.43. The molecule has 0 amide bonds. The highest BCUT2D eigenvalue weighted by molar-refractivity contribution is 7.12. The van der Waals surface area contributed by atoms with Gasteiger partial charge in [-0.3, -0.25) is 0 Å². The molecule has 1 aromatic heterocycles. The molecule has 1 N–H and O–H groups in total. The Labute approximate surface area is 122 Å². The topological polar surface area (TPSA) is 35.8 Å². The zero-order valence-corrected chi connectivity index (χ0v) is 11.5. The smallest absolute Gasteiger partial charge is 0.380 e. The Kier molecular flexibility index (Phi) is 4.21. The number of benzene rings is 1. The highest BCUT2D eigenvalue weighted by atomic mass is 35.5. The minimum Gasteiger partial charge on any atom is -0.380 e. The number of halogens is 4. The van der Waals surface area contributed by atoms with Crippen molar-refractivity contribution in [2.75, 3.05) is 5.32 Å². The van der Waals surface area contributed by atoms with E-state index in [2.05, 4.69) is 5.32 Å². The quantitative estimate of drug-likeness (QED) is 0.873. The van der Waals surface area contributed by atoms with E-state index in [1.54, 1.807) is 12.1 Å². The van der Waals surface area contributed by atoms with E-state index < -0.39 is 11.7 Å². The fraction of sp³-hybridized carbons (Fsp3) is 0.154. The lowest BCUT2D eigenvalue weighted by Gasteiger charge is -2.11. The van der Waals surface area contributed by atoms with Gasteiger partial charge in [0.25, 0.3) is 0 Å². The minimum absolute atomic E-state index is 0.327. The van der Waals surface area contributed by atoms with E-state index in [4.69, 9.17) is 16.9 Å². The molecule has 2 rings (SSSR count). The van der Waals surface area contributed by atoms with Crippen molar-refractivity contribution in [3.8, 4) is 6.07 Å². The first-order chi connectivity index (χ1) is 9.40. The molecule has 0 bridgehead atoms. The van der Waals surface area contributed by atoms with Crippen LogP contribution in [0.25, 0.3) is 0 Å². The summed E-state index contributed by atoms with van der Waals surface area (Å²) < 4.78 is 38.1. The van der Waals surface area contributed by atoms with Crippen molar-refractivity contribution < 1.29 is 13.2 Å². The lowest BCUT2D eigenvalue weighted by atomic mass is 10.2. The summed E-state index contributed by atoms with van der Waals surface area (Å²) in [5, 5.41) is 11.2. The molecule has 1 aromatic carbocycles. The Morgan fingerprint density at radius 2 is 2.00 bits per heavy atom. The Hall–Kier alpha value is -1.71. The van der Waals surface area contributed by atoms with Gasteiger partial charge in [-0.05, 0) is 30.3 Å². The molecule has 0 aliphatic carbocycles. The first kappa shape index (κ1) is 14.7. The molecule has 2 aromatic rings. The number of nitriles is 1. The summed E-state index contributed by atoms with van der Waals surface area (Å²) in [6.07, 6.45) is -4.48. The van der Waals surface area contributed by atoms with Crippen LogP contribution in [0.3, 0.4) is 0 Å². The van der Waals surface area contributed by atoms with Crippen LogP contribution in [-0.2, 0) is 12.7 Å². The van der Waals surface area contributed by atoms with Crippen LogP contribution in [0.1, 0.15) is 15.3 Å². The number of alkyl halides is 3. The number of hydrogen-bond donors (Lipinski definition) is 1. The van der Waals surface area contributed by atoms with Crippen LogP contribution in [0.5, 0.6) is 0 Å². The highest BCUT2D eigenvalue weighted by Gasteiger charge is 2.33. The molecule has 2 nitrogen and oxygen atoms in total. The van der Waals surface area contributed by atoms with Crippen LogP contribution >= 0.6 is 22.9 Å². The molecule has 0 unspecified atom stereocenters. The average molecular weight is 317 g/mol. The summed E-state index contributed by atoms with van der Waals surface area (Å²) in [7, 11) is 0. The van der Waals surface area contributed by atoms with Gasteiger partial charge in [0.1, 0.15) is 10.9 Å². The Morgan fingerprint density at radius 3 is 2.60 bits per heavy atom. The predicted octanol–water partition coefficient (Wildman–Crippen LogP) is 4.90. The average Bonchev–Trinajstić information content (AvgIpc) is 2.84. The van der Waals surface area contributed by atoms with Crippen molar-refractivity contribution in [1.29, 1.82) is 5.26 Å². The Balaban J connectivity index is 2.12. The zero-order valence-electron chi connectivity index (χ0n) is 9.96. The minimum atomic E-state index is -4.48. The first-order valence-electron chi connectivity index (χ1n) is 5.49. The van der Waals surface area contributed by atoms with E-state index in [-0.39, 0.29) is 5.02 Å². The molecule has 0 radical (unpaired) electrons. The molecule has 0 aliphatic rings. The molecule has 7 heteroatoms. The van der Waals surface area contributed by atoms with Gasteiger partial charge in [-0.15, -0.1) is 11.3 Å². The molecule has 0 spiro atoms. The van der Waals surface area contributed by atoms with Crippen molar-refractivity contribution >= 4 is 28.6 Å². The zero-order chi connectivity index (χ0) is 14.8. The fourth-order valence-electron chi connectivity index (χ4n) is 1.57. The van der Waals surface area contributed by atoms with E-state index in [0.717, 1.165) is 10.9 Å². The summed E-state index contributed by atoms with van der Waals surface area (Å²) >= 11 is 6.83. The van der Waals surface area contributed by atoms with Crippen molar-refractivity contribution in [3.05, 3.63) is 50.7 Å². The van der Waals surface area contributed by atoms with Crippen LogP contribution in [0.15, 0.2) is 30.3 Å². The molecular formula is C13H8ClF3N2S. The van der Waals surface area contributed by atoms with Crippen LogP contribution in [0.2, 0.25) is 5.02 Å². The molecule has 0 saturated carbocycles. The molecule has 0 aliphatic heterocycles. The lowest BCUT2D eigenvalue weighted by Crippen LogP contribution is -2.07. The predicted molar refractivity (Wildman–Crippen MR) is 72.8 cm³/mol. The summed E-state index contributed by atoms with van der Waals surface area (Å²) in [6.45, 7) is 0.352. The molecule has 0 atom stereocenters. The van der Waals surface area contributed by atoms with E-state index in [1.807, 2.05) is 6.07 Å². The van der Waals surface area contributed by atoms with Crippen molar-refractivity contribution in [2.45, 2.75) is 12.7 Å². The SMILES string of the molecule is N#Cc1ccc(CNc2ccc(Cl)c(C(F)(F)F)c2)s1. The van der Waals surface area contributed by atoms with E-state index in [9.17, 15) is 13.2 Å². The summed E-state index contributed by atoms with van der Waals surface area (Å²) in [5.41, 5.74) is -0.540. The number of rotatable bonds is 3. The van der Waals surface area contributed by atoms with Crippen LogP contribution in [0, 0.1) is 11.3 Å². The van der Waals surface area contributed by atoms with Crippen LogP contribution < -0.4 is 5.32 Å². The largest absolute Gasteiger partial charge is 0.417 e. The maximum atomic E-state index is 12.7. The fourth-order valence-corrected chi connectivity index (χ4v) is 2.54. The second-order valence-corrected chi connectivity index (χ2v) is 5.50. The number of thiophene rings is 1. The van der Waals surface area contributed by atoms with Gasteiger partial charge in [-0.25, -0.2) is 0 Å². The summed E-state index contributed by atoms with van der Waals surface area (Å²) in [5.74, 6) is 0. The van der Waals surface area contributed by atoms with Crippen molar-refractivity contribution in [1.82, 2.24) is 0 Å². The van der Waals surface area contributed by atoms with E-state index >= 15 is 0 Å². The van der Waals surface area contributed by atoms with Gasteiger partial charge in [-0.1, -0.05) is 11.6 Å². The van der Waals surface area contributed by atoms with Crippen LogP contribution in [-0.4, -0.2) is 0 Å². The third-order valence-electron chi connectivity index (χ3n) is 2.51. The maximum absolute atomic E-state index is 12.7. The van der Waals surface area contributed by atoms with Gasteiger partial charge >= 0.3 is 6.18 Å². The summed E-state index contributed by atoms with van der Waals surface area (Å²) in [6, 6.07) is 9.10. The molecule has 104 valence electrons. The van der Waals surface area contributed by atoms with Gasteiger partial charge < -0.3 is 5.32 Å². The second kappa shape index (κ2) is 5.73. The third kappa shape index (κ3) is 3.44. The molecule has 0 saturated heterocycles. The van der Waals surface area contributed by atoms with E-state index in [0.29, 0.717) is 17.1 Å². The van der Waals surface area contributed by atoms with Gasteiger partial charge in [0.15, 0.2) is 0 Å². The highest BCUT2D eigenvalue weighted by Crippen LogP contribution is 2.36. The molecule has 0 fully saturated rings. The number of nitrogens with one attached hydrogen (secondary N) is 1. The Morgan fingerprint density at radius 1 is 1.25 bits per heavy atom. The normalized spacial score (nSPS) is 11.2. The van der Waals surface area contributed by atoms with Gasteiger partial charge in [0, 0.05) is 17.1 Å². The van der Waals surface area contributed by atoms with Crippen LogP contribution in [0.4, 0.5) is 18.9 Å². The number of nitrogens with zero attached hydrogens (tertiary/aromatic N) is 1. The molecule has 1 heterocycles. The van der Waals surface area contributed by atoms with Gasteiger partial charge in [0.05, 0.1) is 10.6 Å². The van der Waals surface area contributed by atoms with Crippen molar-refractivity contribution in [3.63, 3.8) is 0 Å². The standard InChI is InChI=1S/C13H8ClF3N2S/c14-12-4-1-8(5-11(12)13(15,16)17)19-7-10-3-2-9(6-18)20-10/h1-5,19H,7H2. The number of anilines is 1. The maximum Gasteiger partial charge on any atom is 0.417 e. The monoisotopic (exact) mass is 316 g/mol. The number of hydrogen-bond acceptors (Lipinski definition) is 3. The van der Waals surface area contributed by atoms with E-state index in [1.165, 1.54) is 23.5 Å². The third-order valence-corrected chi connectivity index (χ3v) is 3.83. The second-order valence-electron chi connectivity index (χ2n) is 3.92. The Bertz CT molecular complexity index is 658. The van der Waals surface area contributed by atoms with Gasteiger partial charge in [0.2, 0.25) is 0 Å². The lowest BCUT2D eigenvalue weighted by molar-refractivity contribution is -0.137. The van der Waals surface area contributed by atoms with Gasteiger partial charge in [-0.2, -0.15) is 18.4 Å². The molecular weight excluding hydrogens is 309 g/mol. The molecule has 20 heavy (non-hydrogen) atoms. The first-order valence-corrected chi connectivity index (χ1v) is 6.69. The van der Waals surface area contributed by atoms with Crippen molar-refractivity contribution in [2.24, 2.45) is 0 Å².